The summed E-state index contributed by atoms with van der Waals surface area (Å²) in [6.07, 6.45) is 1.24. The molecule has 1 aromatic rings. The van der Waals surface area contributed by atoms with E-state index in [1.807, 2.05) is 0 Å². The number of nitro groups is 1. The minimum absolute atomic E-state index is 0.0988. The summed E-state index contributed by atoms with van der Waals surface area (Å²) in [6, 6.07) is 1.38. The maximum absolute atomic E-state index is 9.98. The van der Waals surface area contributed by atoms with Crippen LogP contribution in [0.25, 0.3) is 0 Å². The van der Waals surface area contributed by atoms with Gasteiger partial charge in [0.1, 0.15) is 6.20 Å². The van der Waals surface area contributed by atoms with Crippen molar-refractivity contribution < 1.29 is 4.92 Å². The van der Waals surface area contributed by atoms with E-state index in [9.17, 15) is 10.1 Å². The molecule has 0 radical (unpaired) electrons. The number of nitrogen functional groups attached to an aromatic ring is 1. The van der Waals surface area contributed by atoms with E-state index in [0.717, 1.165) is 0 Å². The molecule has 0 unspecified atom stereocenters. The lowest BCUT2D eigenvalue weighted by molar-refractivity contribution is -0.394. The highest BCUT2D eigenvalue weighted by Crippen LogP contribution is 2.02. The maximum atomic E-state index is 9.98. The third-order valence-electron chi connectivity index (χ3n) is 0.828. The fraction of sp³-hybridized carbons (Fsp3) is 0. The van der Waals surface area contributed by atoms with Gasteiger partial charge in [-0.15, -0.1) is 0 Å². The summed E-state index contributed by atoms with van der Waals surface area (Å²) in [7, 11) is 0. The van der Waals surface area contributed by atoms with E-state index in [0.29, 0.717) is 0 Å². The van der Waals surface area contributed by atoms with Gasteiger partial charge in [0.25, 0.3) is 0 Å². The van der Waals surface area contributed by atoms with Gasteiger partial charge in [0, 0.05) is 6.07 Å². The first kappa shape index (κ1) is 6.40. The second kappa shape index (κ2) is 2.26. The number of hydrogen-bond donors (Lipinski definition) is 1. The van der Waals surface area contributed by atoms with Crippen LogP contribution in [0.2, 0.25) is 0 Å². The molecular weight excluding hydrogens is 136 g/mol. The van der Waals surface area contributed by atoms with Crippen LogP contribution in [0.5, 0.6) is 0 Å². The predicted octanol–water partition coefficient (Wildman–Crippen LogP) is -0.0330. The molecule has 0 fully saturated rings. The lowest BCUT2D eigenvalue weighted by Crippen LogP contribution is -1.98. The van der Waals surface area contributed by atoms with Crippen molar-refractivity contribution in [3.63, 3.8) is 0 Å². The molecule has 1 aromatic heterocycles. The summed E-state index contributed by atoms with van der Waals surface area (Å²) in [5, 5.41) is 9.98. The second-order valence-electron chi connectivity index (χ2n) is 1.54. The van der Waals surface area contributed by atoms with Crippen molar-refractivity contribution in [1.82, 2.24) is 9.97 Å². The fourth-order valence-corrected chi connectivity index (χ4v) is 0.450. The molecule has 6 heteroatoms. The van der Waals surface area contributed by atoms with Crippen LogP contribution in [-0.4, -0.2) is 14.9 Å². The molecule has 52 valence electrons. The molecule has 0 aliphatic carbocycles. The zero-order valence-corrected chi connectivity index (χ0v) is 4.89. The highest BCUT2D eigenvalue weighted by Gasteiger charge is 2.07. The van der Waals surface area contributed by atoms with E-state index < -0.39 is 10.9 Å². The molecule has 6 nitrogen and oxygen atoms in total. The number of nitrogens with zero attached hydrogens (tertiary/aromatic N) is 3. The first-order valence-electron chi connectivity index (χ1n) is 2.43. The molecule has 0 saturated heterocycles. The number of aromatic nitrogens is 2. The van der Waals surface area contributed by atoms with Gasteiger partial charge in [-0.2, -0.15) is 0 Å². The van der Waals surface area contributed by atoms with E-state index in [-0.39, 0.29) is 5.82 Å². The smallest absolute Gasteiger partial charge is 0.390 e. The Morgan fingerprint density at radius 3 is 2.80 bits per heavy atom. The van der Waals surface area contributed by atoms with Gasteiger partial charge in [-0.05, 0) is 9.91 Å². The Balaban J connectivity index is 3.07. The molecular formula is C4H4N4O2. The molecule has 0 spiro atoms. The van der Waals surface area contributed by atoms with Crippen molar-refractivity contribution in [3.8, 4) is 0 Å². The number of hydrogen-bond acceptors (Lipinski definition) is 5. The van der Waals surface area contributed by atoms with Crippen molar-refractivity contribution in [2.45, 2.75) is 0 Å². The van der Waals surface area contributed by atoms with E-state index in [1.54, 1.807) is 0 Å². The van der Waals surface area contributed by atoms with Crippen molar-refractivity contribution in [2.75, 3.05) is 5.73 Å². The van der Waals surface area contributed by atoms with Crippen molar-refractivity contribution in [3.05, 3.63) is 22.4 Å². The van der Waals surface area contributed by atoms with Crippen molar-refractivity contribution in [2.24, 2.45) is 0 Å². The van der Waals surface area contributed by atoms with Gasteiger partial charge in [-0.3, -0.25) is 0 Å². The van der Waals surface area contributed by atoms with Crippen LogP contribution in [0, 0.1) is 10.1 Å². The summed E-state index contributed by atoms with van der Waals surface area (Å²) < 4.78 is 0. The Kier molecular flexibility index (Phi) is 1.44. The highest BCUT2D eigenvalue weighted by atomic mass is 16.6. The van der Waals surface area contributed by atoms with Crippen LogP contribution in [0.3, 0.4) is 0 Å². The van der Waals surface area contributed by atoms with Crippen LogP contribution in [0.1, 0.15) is 0 Å². The first-order valence-corrected chi connectivity index (χ1v) is 2.43. The molecule has 1 heterocycles. The van der Waals surface area contributed by atoms with Gasteiger partial charge in [0.15, 0.2) is 0 Å². The molecule has 1 rings (SSSR count). The minimum Gasteiger partial charge on any atom is -0.390 e. The lowest BCUT2D eigenvalue weighted by atomic mass is 10.6. The molecule has 0 amide bonds. The topological polar surface area (TPSA) is 94.9 Å². The van der Waals surface area contributed by atoms with Gasteiger partial charge in [-0.1, -0.05) is 4.98 Å². The summed E-state index contributed by atoms with van der Waals surface area (Å²) in [5.74, 6) is -0.373. The predicted molar refractivity (Wildman–Crippen MR) is 33.1 cm³/mol. The van der Waals surface area contributed by atoms with Gasteiger partial charge in [0.05, 0.1) is 0 Å². The summed E-state index contributed by atoms with van der Waals surface area (Å²) in [5.41, 5.74) is 5.14. The number of anilines is 1. The van der Waals surface area contributed by atoms with Gasteiger partial charge >= 0.3 is 5.95 Å². The minimum atomic E-state index is -0.698. The van der Waals surface area contributed by atoms with Crippen LogP contribution >= 0.6 is 0 Å². The van der Waals surface area contributed by atoms with Gasteiger partial charge < -0.3 is 15.8 Å². The molecule has 0 aliphatic rings. The highest BCUT2D eigenvalue weighted by molar-refractivity contribution is 5.28. The fourth-order valence-electron chi connectivity index (χ4n) is 0.450. The van der Waals surface area contributed by atoms with E-state index in [2.05, 4.69) is 9.97 Å². The zero-order chi connectivity index (χ0) is 7.56. The monoisotopic (exact) mass is 140 g/mol. The number of nitrogens with two attached hydrogens (primary N) is 1. The molecule has 0 bridgehead atoms. The van der Waals surface area contributed by atoms with E-state index >= 15 is 0 Å². The summed E-state index contributed by atoms with van der Waals surface area (Å²) in [6.45, 7) is 0. The maximum Gasteiger partial charge on any atom is 0.470 e. The third-order valence-corrected chi connectivity index (χ3v) is 0.828. The van der Waals surface area contributed by atoms with E-state index in [1.165, 1.54) is 12.3 Å². The standard InChI is InChI=1S/C4H4N4O2/c5-3-1-2-6-4(7-3)8(9)10/h1-2H,(H2,5,6,7). The normalized spacial score (nSPS) is 9.20. The molecule has 2 N–H and O–H groups in total. The van der Waals surface area contributed by atoms with Crippen LogP contribution in [0.4, 0.5) is 11.8 Å². The summed E-state index contributed by atoms with van der Waals surface area (Å²) in [4.78, 5) is 16.0. The Hall–Kier alpha value is -1.72. The Labute approximate surface area is 55.9 Å². The van der Waals surface area contributed by atoms with Crippen molar-refractivity contribution >= 4 is 11.8 Å². The molecule has 0 atom stereocenters. The molecule has 0 aliphatic heterocycles. The molecule has 0 aromatic carbocycles. The van der Waals surface area contributed by atoms with Gasteiger partial charge in [0.2, 0.25) is 5.82 Å². The average molecular weight is 140 g/mol. The molecule has 0 saturated carbocycles. The molecule has 10 heavy (non-hydrogen) atoms. The van der Waals surface area contributed by atoms with Crippen LogP contribution in [-0.2, 0) is 0 Å². The van der Waals surface area contributed by atoms with Crippen LogP contribution in [0.15, 0.2) is 12.3 Å². The Morgan fingerprint density at radius 2 is 2.40 bits per heavy atom. The first-order chi connectivity index (χ1) is 4.70. The van der Waals surface area contributed by atoms with E-state index in [4.69, 9.17) is 5.73 Å². The quantitative estimate of drug-likeness (QED) is 0.436. The SMILES string of the molecule is Nc1ccnc([N+](=O)[O-])n1. The lowest BCUT2D eigenvalue weighted by Gasteiger charge is -1.89. The second-order valence-corrected chi connectivity index (χ2v) is 1.54. The average Bonchev–Trinajstić information content (AvgIpc) is 1.88. The Bertz CT molecular complexity index is 261. The van der Waals surface area contributed by atoms with Crippen molar-refractivity contribution in [1.29, 1.82) is 0 Å². The summed E-state index contributed by atoms with van der Waals surface area (Å²) >= 11 is 0. The van der Waals surface area contributed by atoms with Crippen LogP contribution < -0.4 is 5.73 Å². The number of rotatable bonds is 1. The Morgan fingerprint density at radius 1 is 1.70 bits per heavy atom. The largest absolute Gasteiger partial charge is 0.470 e. The zero-order valence-electron chi connectivity index (χ0n) is 4.89. The van der Waals surface area contributed by atoms with Gasteiger partial charge in [-0.25, -0.2) is 0 Å². The third kappa shape index (κ3) is 1.16.